The zero-order valence-corrected chi connectivity index (χ0v) is 12.2. The van der Waals surface area contributed by atoms with E-state index >= 15 is 0 Å². The molecule has 0 aliphatic heterocycles. The second-order valence-corrected chi connectivity index (χ2v) is 5.01. The van der Waals surface area contributed by atoms with Crippen molar-refractivity contribution in [3.05, 3.63) is 27.1 Å². The fourth-order valence-electron chi connectivity index (χ4n) is 1.25. The molecule has 0 heterocycles. The smallest absolute Gasteiger partial charge is 0.219 e. The molecule has 0 aliphatic rings. The first-order chi connectivity index (χ1) is 7.65. The summed E-state index contributed by atoms with van der Waals surface area (Å²) in [5.74, 6) is 0.0768. The number of benzene rings is 1. The molecule has 1 rings (SSSR count). The Kier molecular flexibility index (Phi) is 5.84. The highest BCUT2D eigenvalue weighted by atomic mass is 79.9. The number of hydrogen-bond donors (Lipinski definition) is 2. The Hall–Kier alpha value is -0.550. The van der Waals surface area contributed by atoms with Crippen molar-refractivity contribution in [3.63, 3.8) is 0 Å². The second-order valence-electron chi connectivity index (χ2n) is 3.30. The van der Waals surface area contributed by atoms with E-state index in [1.807, 2.05) is 18.2 Å². The van der Waals surface area contributed by atoms with Crippen LogP contribution in [0, 0.1) is 0 Å². The molecule has 3 nitrogen and oxygen atoms in total. The zero-order chi connectivity index (χ0) is 12.0. The van der Waals surface area contributed by atoms with Crippen molar-refractivity contribution in [2.75, 3.05) is 18.9 Å². The Balaban J connectivity index is 2.40. The van der Waals surface area contributed by atoms with Crippen molar-refractivity contribution in [2.45, 2.75) is 12.8 Å². The van der Waals surface area contributed by atoms with E-state index in [2.05, 4.69) is 42.5 Å². The van der Waals surface area contributed by atoms with Gasteiger partial charge in [0.1, 0.15) is 0 Å². The first-order valence-corrected chi connectivity index (χ1v) is 6.62. The number of rotatable bonds is 5. The largest absolute Gasteiger partial charge is 0.383 e. The Bertz CT molecular complexity index is 349. The molecule has 1 amide bonds. The van der Waals surface area contributed by atoms with Gasteiger partial charge in [0, 0.05) is 29.0 Å². The molecule has 0 unspecified atom stereocenters. The van der Waals surface area contributed by atoms with Gasteiger partial charge in [-0.2, -0.15) is 0 Å². The van der Waals surface area contributed by atoms with Crippen molar-refractivity contribution < 1.29 is 4.79 Å². The summed E-state index contributed by atoms with van der Waals surface area (Å²) in [7, 11) is 1.65. The van der Waals surface area contributed by atoms with Crippen LogP contribution in [-0.2, 0) is 4.79 Å². The van der Waals surface area contributed by atoms with Crippen LogP contribution in [0.4, 0.5) is 5.69 Å². The average molecular weight is 350 g/mol. The monoisotopic (exact) mass is 348 g/mol. The maximum absolute atomic E-state index is 11.0. The molecule has 0 bridgehead atoms. The number of carbonyl (C=O) groups excluding carboxylic acids is 1. The Morgan fingerprint density at radius 1 is 1.31 bits per heavy atom. The van der Waals surface area contributed by atoms with Gasteiger partial charge in [-0.25, -0.2) is 0 Å². The molecule has 16 heavy (non-hydrogen) atoms. The van der Waals surface area contributed by atoms with E-state index in [1.165, 1.54) is 0 Å². The van der Waals surface area contributed by atoms with Crippen molar-refractivity contribution in [1.29, 1.82) is 0 Å². The highest BCUT2D eigenvalue weighted by Gasteiger charge is 2.03. The van der Waals surface area contributed by atoms with Crippen LogP contribution in [0.5, 0.6) is 0 Å². The maximum atomic E-state index is 11.0. The average Bonchev–Trinajstić information content (AvgIpc) is 2.27. The summed E-state index contributed by atoms with van der Waals surface area (Å²) in [5, 5.41) is 5.89. The molecular formula is C11H14Br2N2O. The number of anilines is 1. The van der Waals surface area contributed by atoms with E-state index in [0.717, 1.165) is 27.6 Å². The molecule has 0 atom stereocenters. The molecule has 1 aromatic carbocycles. The summed E-state index contributed by atoms with van der Waals surface area (Å²) >= 11 is 6.94. The molecular weight excluding hydrogens is 336 g/mol. The molecule has 0 aromatic heterocycles. The number of para-hydroxylation sites is 1. The first-order valence-electron chi connectivity index (χ1n) is 5.03. The zero-order valence-electron chi connectivity index (χ0n) is 9.02. The molecule has 1 aromatic rings. The van der Waals surface area contributed by atoms with E-state index in [-0.39, 0.29) is 5.91 Å². The second kappa shape index (κ2) is 6.91. The first kappa shape index (κ1) is 13.5. The van der Waals surface area contributed by atoms with Crippen molar-refractivity contribution >= 4 is 43.5 Å². The highest BCUT2D eigenvalue weighted by molar-refractivity contribution is 9.11. The summed E-state index contributed by atoms with van der Waals surface area (Å²) in [6, 6.07) is 5.92. The van der Waals surface area contributed by atoms with Crippen LogP contribution in [0.2, 0.25) is 0 Å². The summed E-state index contributed by atoms with van der Waals surface area (Å²) < 4.78 is 2.03. The topological polar surface area (TPSA) is 41.1 Å². The Morgan fingerprint density at radius 3 is 2.50 bits per heavy atom. The standard InChI is InChI=1S/C11H14Br2N2O/c1-14-10(16)6-3-7-15-11-8(12)4-2-5-9(11)13/h2,4-5,15H,3,6-7H2,1H3,(H,14,16). The van der Waals surface area contributed by atoms with Crippen molar-refractivity contribution in [2.24, 2.45) is 0 Å². The summed E-state index contributed by atoms with van der Waals surface area (Å²) in [4.78, 5) is 11.0. The van der Waals surface area contributed by atoms with Gasteiger partial charge in [-0.1, -0.05) is 6.07 Å². The number of halogens is 2. The van der Waals surface area contributed by atoms with Crippen LogP contribution in [0.25, 0.3) is 0 Å². The van der Waals surface area contributed by atoms with Gasteiger partial charge >= 0.3 is 0 Å². The van der Waals surface area contributed by atoms with Crippen LogP contribution in [0.15, 0.2) is 27.1 Å². The molecule has 0 fully saturated rings. The van der Waals surface area contributed by atoms with E-state index in [9.17, 15) is 4.79 Å². The van der Waals surface area contributed by atoms with Gasteiger partial charge in [0.05, 0.1) is 5.69 Å². The number of hydrogen-bond acceptors (Lipinski definition) is 2. The van der Waals surface area contributed by atoms with Crippen LogP contribution in [0.1, 0.15) is 12.8 Å². The quantitative estimate of drug-likeness (QED) is 0.802. The third-order valence-electron chi connectivity index (χ3n) is 2.12. The van der Waals surface area contributed by atoms with E-state index in [4.69, 9.17) is 0 Å². The van der Waals surface area contributed by atoms with Crippen LogP contribution in [0.3, 0.4) is 0 Å². The summed E-state index contributed by atoms with van der Waals surface area (Å²) in [5.41, 5.74) is 1.03. The van der Waals surface area contributed by atoms with Gasteiger partial charge in [-0.3, -0.25) is 4.79 Å². The normalized spacial score (nSPS) is 9.94. The summed E-state index contributed by atoms with van der Waals surface area (Å²) in [6.45, 7) is 0.772. The lowest BCUT2D eigenvalue weighted by molar-refractivity contribution is -0.120. The lowest BCUT2D eigenvalue weighted by Gasteiger charge is -2.10. The van der Waals surface area contributed by atoms with Crippen LogP contribution < -0.4 is 10.6 Å². The number of amides is 1. The van der Waals surface area contributed by atoms with Gasteiger partial charge in [0.15, 0.2) is 0 Å². The third kappa shape index (κ3) is 4.14. The molecule has 88 valence electrons. The molecule has 5 heteroatoms. The van der Waals surface area contributed by atoms with Crippen LogP contribution >= 0.6 is 31.9 Å². The minimum absolute atomic E-state index is 0.0768. The third-order valence-corrected chi connectivity index (χ3v) is 3.45. The van der Waals surface area contributed by atoms with Crippen molar-refractivity contribution in [3.8, 4) is 0 Å². The minimum atomic E-state index is 0.0768. The molecule has 0 saturated heterocycles. The van der Waals surface area contributed by atoms with Gasteiger partial charge < -0.3 is 10.6 Å². The molecule has 0 spiro atoms. The van der Waals surface area contributed by atoms with Crippen LogP contribution in [-0.4, -0.2) is 19.5 Å². The number of nitrogens with one attached hydrogen (secondary N) is 2. The molecule has 2 N–H and O–H groups in total. The van der Waals surface area contributed by atoms with Gasteiger partial charge in [-0.05, 0) is 50.4 Å². The summed E-state index contributed by atoms with van der Waals surface area (Å²) in [6.07, 6.45) is 1.36. The van der Waals surface area contributed by atoms with E-state index < -0.39 is 0 Å². The van der Waals surface area contributed by atoms with Gasteiger partial charge in [0.25, 0.3) is 0 Å². The Morgan fingerprint density at radius 2 is 1.94 bits per heavy atom. The van der Waals surface area contributed by atoms with Crippen molar-refractivity contribution in [1.82, 2.24) is 5.32 Å². The molecule has 0 radical (unpaired) electrons. The molecule has 0 saturated carbocycles. The minimum Gasteiger partial charge on any atom is -0.383 e. The van der Waals surface area contributed by atoms with Gasteiger partial charge in [-0.15, -0.1) is 0 Å². The van der Waals surface area contributed by atoms with E-state index in [0.29, 0.717) is 6.42 Å². The lowest BCUT2D eigenvalue weighted by atomic mass is 10.2. The van der Waals surface area contributed by atoms with E-state index in [1.54, 1.807) is 7.05 Å². The SMILES string of the molecule is CNC(=O)CCCNc1c(Br)cccc1Br. The predicted octanol–water partition coefficient (Wildman–Crippen LogP) is 3.15. The predicted molar refractivity (Wildman–Crippen MR) is 73.6 cm³/mol. The number of carbonyl (C=O) groups is 1. The fourth-order valence-corrected chi connectivity index (χ4v) is 2.53. The molecule has 0 aliphatic carbocycles. The maximum Gasteiger partial charge on any atom is 0.219 e. The fraction of sp³-hybridized carbons (Fsp3) is 0.364. The lowest BCUT2D eigenvalue weighted by Crippen LogP contribution is -2.18. The van der Waals surface area contributed by atoms with Gasteiger partial charge in [0.2, 0.25) is 5.91 Å². The highest BCUT2D eigenvalue weighted by Crippen LogP contribution is 2.30. The Labute approximate surface area is 112 Å².